The van der Waals surface area contributed by atoms with Gasteiger partial charge in [0.2, 0.25) is 0 Å². The van der Waals surface area contributed by atoms with Gasteiger partial charge in [-0.1, -0.05) is 55.6 Å². The van der Waals surface area contributed by atoms with Crippen molar-refractivity contribution in [2.24, 2.45) is 0 Å². The van der Waals surface area contributed by atoms with Crippen molar-refractivity contribution >= 4 is 12.2 Å². The first-order valence-electron chi connectivity index (χ1n) is 5.88. The summed E-state index contributed by atoms with van der Waals surface area (Å²) in [6, 6.07) is 14.8. The lowest BCUT2D eigenvalue weighted by molar-refractivity contribution is 0.415. The summed E-state index contributed by atoms with van der Waals surface area (Å²) in [6.45, 7) is 7.18. The second-order valence-corrected chi connectivity index (χ2v) is 3.74. The van der Waals surface area contributed by atoms with Crippen LogP contribution in [-0.2, 0) is 0 Å². The molecule has 1 N–H and O–H groups in total. The molecule has 0 aliphatic heterocycles. The van der Waals surface area contributed by atoms with Crippen LogP contribution >= 0.6 is 0 Å². The van der Waals surface area contributed by atoms with Gasteiger partial charge in [-0.15, -0.1) is 0 Å². The Hall–Kier alpha value is -2.48. The number of methoxy groups -OCH3 is 1. The molecular formula is C17H18O2. The Labute approximate surface area is 114 Å². The molecule has 0 aliphatic carbocycles. The Morgan fingerprint density at radius 3 is 2.00 bits per heavy atom. The second-order valence-electron chi connectivity index (χ2n) is 3.74. The second kappa shape index (κ2) is 7.77. The van der Waals surface area contributed by atoms with Crippen molar-refractivity contribution < 1.29 is 9.84 Å². The van der Waals surface area contributed by atoms with E-state index in [0.717, 1.165) is 16.9 Å². The van der Waals surface area contributed by atoms with Crippen LogP contribution in [0.4, 0.5) is 0 Å². The van der Waals surface area contributed by atoms with Gasteiger partial charge in [0.25, 0.3) is 0 Å². The average Bonchev–Trinajstić information content (AvgIpc) is 2.48. The first-order chi connectivity index (χ1) is 9.21. The topological polar surface area (TPSA) is 29.5 Å². The lowest BCUT2D eigenvalue weighted by atomic mass is 10.2. The smallest absolute Gasteiger partial charge is 0.122 e. The Morgan fingerprint density at radius 2 is 1.58 bits per heavy atom. The van der Waals surface area contributed by atoms with Gasteiger partial charge in [-0.2, -0.15) is 0 Å². The minimum absolute atomic E-state index is 0.285. The highest BCUT2D eigenvalue weighted by molar-refractivity contribution is 5.54. The fourth-order valence-electron chi connectivity index (χ4n) is 1.40. The average molecular weight is 254 g/mol. The molecule has 0 unspecified atom stereocenters. The van der Waals surface area contributed by atoms with Crippen LogP contribution in [0.15, 0.2) is 61.7 Å². The number of rotatable bonds is 3. The van der Waals surface area contributed by atoms with Gasteiger partial charge in [-0.3, -0.25) is 0 Å². The van der Waals surface area contributed by atoms with Crippen LogP contribution in [-0.4, -0.2) is 12.2 Å². The van der Waals surface area contributed by atoms with Gasteiger partial charge < -0.3 is 9.84 Å². The van der Waals surface area contributed by atoms with Crippen molar-refractivity contribution in [1.82, 2.24) is 0 Å². The molecule has 0 spiro atoms. The van der Waals surface area contributed by atoms with Crippen LogP contribution in [0.3, 0.4) is 0 Å². The van der Waals surface area contributed by atoms with Crippen LogP contribution in [0.5, 0.6) is 11.5 Å². The number of aromatic hydroxyl groups is 1. The molecule has 0 aliphatic rings. The van der Waals surface area contributed by atoms with Crippen LogP contribution in [0.2, 0.25) is 0 Å². The molecule has 2 aromatic rings. The third kappa shape index (κ3) is 4.72. The minimum atomic E-state index is 0.285. The lowest BCUT2D eigenvalue weighted by Gasteiger charge is -1.97. The quantitative estimate of drug-likeness (QED) is 0.881. The molecule has 2 rings (SSSR count). The van der Waals surface area contributed by atoms with E-state index in [9.17, 15) is 0 Å². The first kappa shape index (κ1) is 14.6. The third-order valence-electron chi connectivity index (χ3n) is 2.51. The molecular weight excluding hydrogens is 236 g/mol. The van der Waals surface area contributed by atoms with Crippen molar-refractivity contribution in [1.29, 1.82) is 0 Å². The fourth-order valence-corrected chi connectivity index (χ4v) is 1.40. The van der Waals surface area contributed by atoms with E-state index in [2.05, 4.69) is 13.2 Å². The van der Waals surface area contributed by atoms with Gasteiger partial charge in [-0.25, -0.2) is 0 Å². The zero-order valence-corrected chi connectivity index (χ0v) is 11.0. The Balaban J connectivity index is 0.000000191. The van der Waals surface area contributed by atoms with E-state index in [1.165, 1.54) is 0 Å². The third-order valence-corrected chi connectivity index (χ3v) is 2.51. The van der Waals surface area contributed by atoms with Crippen LogP contribution in [0.1, 0.15) is 11.1 Å². The highest BCUT2D eigenvalue weighted by atomic mass is 16.5. The summed E-state index contributed by atoms with van der Waals surface area (Å²) >= 11 is 0. The summed E-state index contributed by atoms with van der Waals surface area (Å²) in [4.78, 5) is 0. The van der Waals surface area contributed by atoms with Crippen molar-refractivity contribution in [3.63, 3.8) is 0 Å². The summed E-state index contributed by atoms with van der Waals surface area (Å²) < 4.78 is 4.98. The lowest BCUT2D eigenvalue weighted by Crippen LogP contribution is -1.80. The fraction of sp³-hybridized carbons (Fsp3) is 0.0588. The van der Waals surface area contributed by atoms with Gasteiger partial charge in [-0.05, 0) is 23.8 Å². The maximum atomic E-state index is 9.04. The number of benzene rings is 2. The monoisotopic (exact) mass is 254 g/mol. The Kier molecular flexibility index (Phi) is 5.96. The predicted molar refractivity (Wildman–Crippen MR) is 81.3 cm³/mol. The zero-order chi connectivity index (χ0) is 14.1. The van der Waals surface area contributed by atoms with E-state index in [1.54, 1.807) is 31.4 Å². The van der Waals surface area contributed by atoms with Gasteiger partial charge >= 0.3 is 0 Å². The van der Waals surface area contributed by atoms with Crippen molar-refractivity contribution in [3.05, 3.63) is 72.8 Å². The largest absolute Gasteiger partial charge is 0.507 e. The van der Waals surface area contributed by atoms with Gasteiger partial charge in [0.15, 0.2) is 0 Å². The normalized spacial score (nSPS) is 8.89. The molecule has 2 heteroatoms. The molecule has 2 aromatic carbocycles. The van der Waals surface area contributed by atoms with E-state index >= 15 is 0 Å². The number of phenolic OH excluding ortho intramolecular Hbond substituents is 1. The van der Waals surface area contributed by atoms with E-state index in [0.29, 0.717) is 0 Å². The zero-order valence-electron chi connectivity index (χ0n) is 11.0. The maximum Gasteiger partial charge on any atom is 0.122 e. The molecule has 0 saturated heterocycles. The summed E-state index contributed by atoms with van der Waals surface area (Å²) in [5.74, 6) is 1.16. The van der Waals surface area contributed by atoms with E-state index in [-0.39, 0.29) is 5.75 Å². The van der Waals surface area contributed by atoms with Crippen LogP contribution < -0.4 is 4.74 Å². The summed E-state index contributed by atoms with van der Waals surface area (Å²) in [5.41, 5.74) is 1.89. The molecule has 2 nitrogen and oxygen atoms in total. The van der Waals surface area contributed by atoms with E-state index < -0.39 is 0 Å². The SMILES string of the molecule is C=Cc1ccc(OC)cc1.C=Cc1ccccc1O. The highest BCUT2D eigenvalue weighted by Gasteiger charge is 1.90. The Morgan fingerprint density at radius 1 is 0.947 bits per heavy atom. The number of hydrogen-bond donors (Lipinski definition) is 1. The molecule has 0 bridgehead atoms. The molecule has 98 valence electrons. The molecule has 19 heavy (non-hydrogen) atoms. The van der Waals surface area contributed by atoms with Gasteiger partial charge in [0.1, 0.15) is 11.5 Å². The van der Waals surface area contributed by atoms with E-state index in [1.807, 2.05) is 36.4 Å². The first-order valence-corrected chi connectivity index (χ1v) is 5.88. The molecule has 0 fully saturated rings. The van der Waals surface area contributed by atoms with Gasteiger partial charge in [0, 0.05) is 5.56 Å². The van der Waals surface area contributed by atoms with Crippen molar-refractivity contribution in [3.8, 4) is 11.5 Å². The Bertz CT molecular complexity index is 527. The summed E-state index contributed by atoms with van der Waals surface area (Å²) in [5, 5.41) is 9.04. The predicted octanol–water partition coefficient (Wildman–Crippen LogP) is 4.37. The number of para-hydroxylation sites is 1. The molecule has 0 saturated carbocycles. The number of ether oxygens (including phenoxy) is 1. The number of phenols is 1. The summed E-state index contributed by atoms with van der Waals surface area (Å²) in [7, 11) is 1.66. The van der Waals surface area contributed by atoms with Gasteiger partial charge in [0.05, 0.1) is 7.11 Å². The van der Waals surface area contributed by atoms with Crippen LogP contribution in [0.25, 0.3) is 12.2 Å². The highest BCUT2D eigenvalue weighted by Crippen LogP contribution is 2.15. The molecule has 0 radical (unpaired) electrons. The number of hydrogen-bond acceptors (Lipinski definition) is 2. The minimum Gasteiger partial charge on any atom is -0.507 e. The van der Waals surface area contributed by atoms with Crippen molar-refractivity contribution in [2.75, 3.05) is 7.11 Å². The standard InChI is InChI=1S/C9H10O.C8H8O/c1-3-8-4-6-9(10-2)7-5-8;1-2-7-5-3-4-6-8(7)9/h3-7H,1H2,2H3;2-6,9H,1H2. The summed E-state index contributed by atoms with van der Waals surface area (Å²) in [6.07, 6.45) is 3.43. The molecule has 0 atom stereocenters. The van der Waals surface area contributed by atoms with Crippen molar-refractivity contribution in [2.45, 2.75) is 0 Å². The molecule has 0 aromatic heterocycles. The van der Waals surface area contributed by atoms with E-state index in [4.69, 9.17) is 9.84 Å². The molecule has 0 amide bonds. The maximum absolute atomic E-state index is 9.04. The molecule has 0 heterocycles. The van der Waals surface area contributed by atoms with Crippen LogP contribution in [0, 0.1) is 0 Å².